The molecule has 4 aromatic rings. The molecule has 0 radical (unpaired) electrons. The van der Waals surface area contributed by atoms with Crippen molar-refractivity contribution < 1.29 is 14.1 Å². The highest BCUT2D eigenvalue weighted by Gasteiger charge is 2.16. The van der Waals surface area contributed by atoms with Crippen LogP contribution in [0.15, 0.2) is 53.2 Å². The number of benzene rings is 1. The van der Waals surface area contributed by atoms with Crippen molar-refractivity contribution in [1.82, 2.24) is 20.1 Å². The summed E-state index contributed by atoms with van der Waals surface area (Å²) in [7, 11) is 0. The zero-order valence-electron chi connectivity index (χ0n) is 16.6. The van der Waals surface area contributed by atoms with Crippen molar-refractivity contribution in [3.63, 3.8) is 0 Å². The lowest BCUT2D eigenvalue weighted by Gasteiger charge is -2.09. The van der Waals surface area contributed by atoms with Crippen LogP contribution >= 0.6 is 11.6 Å². The number of halogens is 1. The Morgan fingerprint density at radius 3 is 2.58 bits per heavy atom. The summed E-state index contributed by atoms with van der Waals surface area (Å²) in [5.74, 6) is 1.35. The minimum Gasteiger partial charge on any atom is -0.436 e. The molecule has 0 aliphatic carbocycles. The maximum atomic E-state index is 12.4. The van der Waals surface area contributed by atoms with E-state index >= 15 is 0 Å². The van der Waals surface area contributed by atoms with Gasteiger partial charge in [-0.2, -0.15) is 0 Å². The van der Waals surface area contributed by atoms with Crippen molar-refractivity contribution in [2.24, 2.45) is 0 Å². The number of nitrogens with zero attached hydrogens (tertiary/aromatic N) is 4. The lowest BCUT2D eigenvalue weighted by Crippen LogP contribution is -2.12. The number of carbonyl (C=O) groups is 1. The molecular weight excluding hydrogens is 420 g/mol. The van der Waals surface area contributed by atoms with Gasteiger partial charge in [-0.05, 0) is 50.2 Å². The molecule has 0 aliphatic rings. The van der Waals surface area contributed by atoms with Crippen LogP contribution in [0.1, 0.15) is 21.8 Å². The monoisotopic (exact) mass is 436 g/mol. The van der Waals surface area contributed by atoms with E-state index in [2.05, 4.69) is 25.4 Å². The van der Waals surface area contributed by atoms with Gasteiger partial charge in [-0.15, -0.1) is 0 Å². The van der Waals surface area contributed by atoms with Gasteiger partial charge < -0.3 is 20.3 Å². The third-order valence-electron chi connectivity index (χ3n) is 4.34. The van der Waals surface area contributed by atoms with Gasteiger partial charge in [-0.25, -0.2) is 15.0 Å². The number of nitrogen functional groups attached to an aromatic ring is 1. The van der Waals surface area contributed by atoms with Gasteiger partial charge >= 0.3 is 0 Å². The number of carbonyl (C=O) groups excluding carboxylic acids is 1. The maximum Gasteiger partial charge on any atom is 0.263 e. The molecule has 0 saturated carbocycles. The number of nitrogens with two attached hydrogens (primary N) is 1. The van der Waals surface area contributed by atoms with E-state index in [0.717, 1.165) is 5.56 Å². The molecule has 0 aliphatic heterocycles. The second kappa shape index (κ2) is 8.41. The highest BCUT2D eigenvalue weighted by atomic mass is 35.5. The van der Waals surface area contributed by atoms with Crippen LogP contribution < -0.4 is 15.8 Å². The number of anilines is 2. The number of aryl methyl sites for hydroxylation is 2. The van der Waals surface area contributed by atoms with Crippen LogP contribution in [-0.4, -0.2) is 26.0 Å². The van der Waals surface area contributed by atoms with Crippen LogP contribution in [0.4, 0.5) is 11.6 Å². The Hall–Kier alpha value is -3.98. The largest absolute Gasteiger partial charge is 0.436 e. The highest BCUT2D eigenvalue weighted by molar-refractivity contribution is 6.29. The number of amides is 1. The van der Waals surface area contributed by atoms with Crippen molar-refractivity contribution in [3.8, 4) is 22.9 Å². The molecule has 0 spiro atoms. The average molecular weight is 437 g/mol. The van der Waals surface area contributed by atoms with Gasteiger partial charge in [0, 0.05) is 5.56 Å². The molecule has 3 aromatic heterocycles. The van der Waals surface area contributed by atoms with Gasteiger partial charge in [0.15, 0.2) is 5.82 Å². The van der Waals surface area contributed by atoms with Crippen LogP contribution in [0.2, 0.25) is 5.15 Å². The fraction of sp³-hybridized carbons (Fsp3) is 0.0952. The second-order valence-corrected chi connectivity index (χ2v) is 6.96. The molecule has 4 rings (SSSR count). The first-order chi connectivity index (χ1) is 14.9. The normalized spacial score (nSPS) is 10.7. The predicted molar refractivity (Wildman–Crippen MR) is 115 cm³/mol. The average Bonchev–Trinajstić information content (AvgIpc) is 3.08. The molecular formula is C21H17ClN6O3. The Bertz CT molecular complexity index is 1240. The summed E-state index contributed by atoms with van der Waals surface area (Å²) in [4.78, 5) is 25.0. The van der Waals surface area contributed by atoms with Crippen LogP contribution in [0.3, 0.4) is 0 Å². The van der Waals surface area contributed by atoms with Gasteiger partial charge in [-0.1, -0.05) is 22.8 Å². The first-order valence-corrected chi connectivity index (χ1v) is 9.56. The van der Waals surface area contributed by atoms with Crippen molar-refractivity contribution in [3.05, 3.63) is 70.8 Å². The molecule has 3 heterocycles. The maximum absolute atomic E-state index is 12.4. The molecule has 0 bridgehead atoms. The number of ether oxygens (including phenoxy) is 1. The number of nitrogens with one attached hydrogen (secondary N) is 1. The lowest BCUT2D eigenvalue weighted by molar-refractivity contribution is 0.102. The molecule has 0 fully saturated rings. The Kier molecular flexibility index (Phi) is 5.50. The second-order valence-electron chi connectivity index (χ2n) is 6.57. The van der Waals surface area contributed by atoms with Crippen LogP contribution in [-0.2, 0) is 0 Å². The topological polar surface area (TPSA) is 129 Å². The van der Waals surface area contributed by atoms with Gasteiger partial charge in [0.25, 0.3) is 11.8 Å². The van der Waals surface area contributed by atoms with E-state index in [1.54, 1.807) is 49.4 Å². The van der Waals surface area contributed by atoms with Gasteiger partial charge in [0.2, 0.25) is 0 Å². The summed E-state index contributed by atoms with van der Waals surface area (Å²) in [6.45, 7) is 3.60. The first kappa shape index (κ1) is 20.3. The van der Waals surface area contributed by atoms with Crippen LogP contribution in [0, 0.1) is 13.8 Å². The first-order valence-electron chi connectivity index (χ1n) is 9.18. The number of rotatable bonds is 5. The molecule has 31 heavy (non-hydrogen) atoms. The number of hydrogen-bond donors (Lipinski definition) is 2. The molecule has 9 nitrogen and oxygen atoms in total. The van der Waals surface area contributed by atoms with E-state index in [0.29, 0.717) is 39.4 Å². The Labute approximate surface area is 182 Å². The van der Waals surface area contributed by atoms with E-state index in [1.165, 1.54) is 6.20 Å². The van der Waals surface area contributed by atoms with Crippen molar-refractivity contribution >= 4 is 29.1 Å². The molecule has 0 saturated heterocycles. The fourth-order valence-corrected chi connectivity index (χ4v) is 3.04. The Balaban J connectivity index is 1.51. The van der Waals surface area contributed by atoms with Gasteiger partial charge in [0.05, 0.1) is 23.1 Å². The summed E-state index contributed by atoms with van der Waals surface area (Å²) >= 11 is 5.84. The van der Waals surface area contributed by atoms with E-state index < -0.39 is 0 Å². The summed E-state index contributed by atoms with van der Waals surface area (Å²) in [5, 5.41) is 6.89. The van der Waals surface area contributed by atoms with E-state index in [1.807, 2.05) is 6.92 Å². The van der Waals surface area contributed by atoms with Crippen molar-refractivity contribution in [1.29, 1.82) is 0 Å². The predicted octanol–water partition coefficient (Wildman–Crippen LogP) is 4.42. The smallest absolute Gasteiger partial charge is 0.263 e. The molecule has 0 atom stereocenters. The van der Waals surface area contributed by atoms with E-state index in [4.69, 9.17) is 26.6 Å². The van der Waals surface area contributed by atoms with Gasteiger partial charge in [-0.3, -0.25) is 4.79 Å². The quantitative estimate of drug-likeness (QED) is 0.439. The highest BCUT2D eigenvalue weighted by Crippen LogP contribution is 2.30. The zero-order valence-corrected chi connectivity index (χ0v) is 17.3. The number of aromatic nitrogens is 4. The fourth-order valence-electron chi connectivity index (χ4n) is 2.88. The standard InChI is InChI=1S/C21H17ClN6O3/c1-11-18(12(2)31-28-11)15-10-24-19(23)21(25-15)30-14-8-6-13(7-9-14)20(29)27-17-5-3-4-16(22)26-17/h3-10H,1-2H3,(H2,23,24)(H,26,27,29). The Morgan fingerprint density at radius 2 is 1.90 bits per heavy atom. The zero-order chi connectivity index (χ0) is 22.0. The van der Waals surface area contributed by atoms with Crippen molar-refractivity contribution in [2.75, 3.05) is 11.1 Å². The molecule has 156 valence electrons. The summed E-state index contributed by atoms with van der Waals surface area (Å²) in [6.07, 6.45) is 1.53. The molecule has 3 N–H and O–H groups in total. The van der Waals surface area contributed by atoms with Gasteiger partial charge in [0.1, 0.15) is 22.5 Å². The van der Waals surface area contributed by atoms with Crippen molar-refractivity contribution in [2.45, 2.75) is 13.8 Å². The SMILES string of the molecule is Cc1noc(C)c1-c1cnc(N)c(Oc2ccc(C(=O)Nc3cccc(Cl)n3)cc2)n1. The summed E-state index contributed by atoms with van der Waals surface area (Å²) in [5.41, 5.74) is 8.29. The molecule has 0 unspecified atom stereocenters. The molecule has 10 heteroatoms. The molecule has 1 aromatic carbocycles. The van der Waals surface area contributed by atoms with Crippen LogP contribution in [0.5, 0.6) is 11.6 Å². The third-order valence-corrected chi connectivity index (χ3v) is 4.55. The number of hydrogen-bond acceptors (Lipinski definition) is 8. The lowest BCUT2D eigenvalue weighted by atomic mass is 10.1. The third kappa shape index (κ3) is 4.46. The molecule has 1 amide bonds. The minimum absolute atomic E-state index is 0.129. The van der Waals surface area contributed by atoms with E-state index in [9.17, 15) is 4.79 Å². The van der Waals surface area contributed by atoms with Crippen LogP contribution in [0.25, 0.3) is 11.3 Å². The number of pyridine rings is 1. The minimum atomic E-state index is -0.332. The van der Waals surface area contributed by atoms with E-state index in [-0.39, 0.29) is 17.6 Å². The summed E-state index contributed by atoms with van der Waals surface area (Å²) in [6, 6.07) is 11.4. The summed E-state index contributed by atoms with van der Waals surface area (Å²) < 4.78 is 11.0. The Morgan fingerprint density at radius 1 is 1.13 bits per heavy atom.